The molecule has 0 aliphatic carbocycles. The Morgan fingerprint density at radius 3 is 2.19 bits per heavy atom. The van der Waals surface area contributed by atoms with Gasteiger partial charge in [-0.15, -0.1) is 0 Å². The van der Waals surface area contributed by atoms with E-state index in [1.165, 1.54) is 0 Å². The zero-order chi connectivity index (χ0) is 26.9. The van der Waals surface area contributed by atoms with E-state index in [1.807, 2.05) is 63.2 Å². The number of nitrogens with one attached hydrogen (secondary N) is 2. The van der Waals surface area contributed by atoms with Crippen LogP contribution in [-0.2, 0) is 20.8 Å². The Bertz CT molecular complexity index is 1090. The van der Waals surface area contributed by atoms with Crippen LogP contribution in [0, 0.1) is 5.41 Å². The van der Waals surface area contributed by atoms with Gasteiger partial charge < -0.3 is 33.6 Å². The molecule has 0 saturated carbocycles. The summed E-state index contributed by atoms with van der Waals surface area (Å²) >= 11 is 0. The van der Waals surface area contributed by atoms with Crippen molar-refractivity contribution < 1.29 is 14.4 Å². The van der Waals surface area contributed by atoms with Gasteiger partial charge in [-0.3, -0.25) is 19.4 Å². The van der Waals surface area contributed by atoms with Crippen molar-refractivity contribution in [2.75, 3.05) is 6.54 Å². The van der Waals surface area contributed by atoms with Crippen LogP contribution in [0.5, 0.6) is 0 Å². The molecule has 0 bridgehead atoms. The van der Waals surface area contributed by atoms with Gasteiger partial charge in [0, 0.05) is 13.0 Å². The summed E-state index contributed by atoms with van der Waals surface area (Å²) in [5.74, 6) is -1.64. The smallest absolute Gasteiger partial charge is 0.243 e. The molecule has 0 spiro atoms. The number of benzene rings is 2. The number of carbonyl (C=O) groups is 3. The first-order chi connectivity index (χ1) is 16.9. The number of carbonyl (C=O) groups excluding carboxylic acids is 3. The predicted octanol–water partition coefficient (Wildman–Crippen LogP) is 0.654. The second-order valence-corrected chi connectivity index (χ2v) is 10.2. The van der Waals surface area contributed by atoms with Crippen LogP contribution in [0.2, 0.25) is 0 Å². The molecule has 0 fully saturated rings. The Kier molecular flexibility index (Phi) is 10.2. The fourth-order valence-electron chi connectivity index (χ4n) is 3.94. The molecule has 2 rings (SSSR count). The quantitative estimate of drug-likeness (QED) is 0.142. The van der Waals surface area contributed by atoms with Crippen molar-refractivity contribution in [1.82, 2.24) is 10.6 Å². The molecule has 196 valence electrons. The molecule has 3 atom stereocenters. The molecule has 10 heteroatoms. The Labute approximate surface area is 212 Å². The topological polar surface area (TPSA) is 192 Å². The van der Waals surface area contributed by atoms with E-state index in [0.29, 0.717) is 25.8 Å². The molecule has 0 heterocycles. The number of rotatable bonds is 12. The highest BCUT2D eigenvalue weighted by Crippen LogP contribution is 2.22. The average Bonchev–Trinajstić information content (AvgIpc) is 2.79. The number of nitrogens with zero attached hydrogens (tertiary/aromatic N) is 1. The zero-order valence-electron chi connectivity index (χ0n) is 21.3. The number of amides is 3. The molecule has 3 amide bonds. The Balaban J connectivity index is 2.13. The molecule has 0 aliphatic rings. The molecule has 0 aromatic heterocycles. The third-order valence-electron chi connectivity index (χ3n) is 5.72. The van der Waals surface area contributed by atoms with Crippen molar-refractivity contribution >= 4 is 34.5 Å². The third kappa shape index (κ3) is 9.18. The van der Waals surface area contributed by atoms with E-state index in [4.69, 9.17) is 22.9 Å². The van der Waals surface area contributed by atoms with Crippen molar-refractivity contribution in [3.8, 4) is 0 Å². The van der Waals surface area contributed by atoms with Gasteiger partial charge in [0.2, 0.25) is 17.7 Å². The zero-order valence-corrected chi connectivity index (χ0v) is 21.3. The number of fused-ring (bicyclic) bond motifs is 1. The van der Waals surface area contributed by atoms with E-state index in [1.54, 1.807) is 0 Å². The average molecular weight is 498 g/mol. The van der Waals surface area contributed by atoms with Gasteiger partial charge >= 0.3 is 0 Å². The first-order valence-electron chi connectivity index (χ1n) is 12.0. The van der Waals surface area contributed by atoms with E-state index in [2.05, 4.69) is 15.6 Å². The highest BCUT2D eigenvalue weighted by Gasteiger charge is 2.30. The number of aliphatic imine (C=N–C) groups is 1. The summed E-state index contributed by atoms with van der Waals surface area (Å²) in [5, 5.41) is 7.50. The van der Waals surface area contributed by atoms with E-state index < -0.39 is 35.8 Å². The number of guanidine groups is 1. The van der Waals surface area contributed by atoms with Crippen LogP contribution in [0.15, 0.2) is 47.5 Å². The van der Waals surface area contributed by atoms with Crippen LogP contribution >= 0.6 is 0 Å². The van der Waals surface area contributed by atoms with Crippen LogP contribution < -0.4 is 33.6 Å². The lowest BCUT2D eigenvalue weighted by Crippen LogP contribution is -2.56. The van der Waals surface area contributed by atoms with E-state index in [9.17, 15) is 14.4 Å². The van der Waals surface area contributed by atoms with Gasteiger partial charge in [-0.25, -0.2) is 0 Å². The second-order valence-electron chi connectivity index (χ2n) is 10.2. The van der Waals surface area contributed by atoms with Gasteiger partial charge in [0.05, 0.1) is 6.04 Å². The summed E-state index contributed by atoms with van der Waals surface area (Å²) in [7, 11) is 0. The van der Waals surface area contributed by atoms with Gasteiger partial charge in [0.25, 0.3) is 0 Å². The first-order valence-corrected chi connectivity index (χ1v) is 12.0. The minimum atomic E-state index is -0.948. The van der Waals surface area contributed by atoms with E-state index in [0.717, 1.165) is 16.3 Å². The van der Waals surface area contributed by atoms with Crippen molar-refractivity contribution in [2.45, 2.75) is 64.6 Å². The fourth-order valence-corrected chi connectivity index (χ4v) is 3.94. The summed E-state index contributed by atoms with van der Waals surface area (Å²) in [6.45, 7) is 6.21. The maximum absolute atomic E-state index is 13.3. The van der Waals surface area contributed by atoms with Crippen LogP contribution in [0.3, 0.4) is 0 Å². The minimum absolute atomic E-state index is 0.0255. The van der Waals surface area contributed by atoms with Gasteiger partial charge in [0.1, 0.15) is 12.1 Å². The highest BCUT2D eigenvalue weighted by atomic mass is 16.2. The SMILES string of the molecule is CC(C)(C)C[C@H](NC(=O)[C@@H](N)CCCN=C(N)N)C(=O)N[C@@H](Cc1cccc2ccccc12)C(N)=O. The van der Waals surface area contributed by atoms with Crippen molar-refractivity contribution in [3.63, 3.8) is 0 Å². The summed E-state index contributed by atoms with van der Waals surface area (Å²) < 4.78 is 0. The molecule has 36 heavy (non-hydrogen) atoms. The largest absolute Gasteiger partial charge is 0.370 e. The molecular formula is C26H39N7O3. The standard InChI is InChI=1S/C26H39N7O3/c1-26(2,3)15-21(33-23(35)19(27)12-7-13-31-25(29)30)24(36)32-20(22(28)34)14-17-10-6-9-16-8-4-5-11-18(16)17/h4-6,8-11,19-21H,7,12-15,27H2,1-3H3,(H2,28,34)(H,32,36)(H,33,35)(H4,29,30,31)/t19-,20-,21-/m0/s1. The maximum atomic E-state index is 13.3. The lowest BCUT2D eigenvalue weighted by Gasteiger charge is -2.28. The second kappa shape index (κ2) is 12.9. The van der Waals surface area contributed by atoms with Gasteiger partial charge in [-0.2, -0.15) is 0 Å². The van der Waals surface area contributed by atoms with Crippen molar-refractivity contribution in [3.05, 3.63) is 48.0 Å². The first kappa shape index (κ1) is 28.6. The van der Waals surface area contributed by atoms with Gasteiger partial charge in [-0.1, -0.05) is 63.2 Å². The molecular weight excluding hydrogens is 458 g/mol. The van der Waals surface area contributed by atoms with Gasteiger partial charge in [0.15, 0.2) is 5.96 Å². The number of primary amides is 1. The summed E-state index contributed by atoms with van der Waals surface area (Å²) in [5.41, 5.74) is 22.9. The Hall–Kier alpha value is -3.66. The number of hydrogen-bond acceptors (Lipinski definition) is 5. The normalized spacial score (nSPS) is 13.9. The molecule has 0 radical (unpaired) electrons. The van der Waals surface area contributed by atoms with Crippen LogP contribution in [0.1, 0.15) is 45.6 Å². The van der Waals surface area contributed by atoms with Crippen molar-refractivity contribution in [1.29, 1.82) is 0 Å². The highest BCUT2D eigenvalue weighted by molar-refractivity contribution is 5.93. The predicted molar refractivity (Wildman–Crippen MR) is 143 cm³/mol. The Morgan fingerprint density at radius 1 is 0.917 bits per heavy atom. The molecule has 10 nitrogen and oxygen atoms in total. The maximum Gasteiger partial charge on any atom is 0.243 e. The van der Waals surface area contributed by atoms with Gasteiger partial charge in [-0.05, 0) is 41.0 Å². The number of hydrogen-bond donors (Lipinski definition) is 6. The van der Waals surface area contributed by atoms with E-state index >= 15 is 0 Å². The van der Waals surface area contributed by atoms with Crippen LogP contribution in [0.25, 0.3) is 10.8 Å². The summed E-state index contributed by atoms with van der Waals surface area (Å²) in [6, 6.07) is 10.9. The fraction of sp³-hybridized carbons (Fsp3) is 0.462. The van der Waals surface area contributed by atoms with Crippen LogP contribution in [-0.4, -0.2) is 48.4 Å². The third-order valence-corrected chi connectivity index (χ3v) is 5.72. The molecule has 0 aliphatic heterocycles. The molecule has 2 aromatic carbocycles. The molecule has 0 saturated heterocycles. The Morgan fingerprint density at radius 2 is 1.56 bits per heavy atom. The minimum Gasteiger partial charge on any atom is -0.370 e. The van der Waals surface area contributed by atoms with Crippen molar-refractivity contribution in [2.24, 2.45) is 33.3 Å². The summed E-state index contributed by atoms with van der Waals surface area (Å²) in [6.07, 6.45) is 1.42. The van der Waals surface area contributed by atoms with E-state index in [-0.39, 0.29) is 17.8 Å². The molecule has 10 N–H and O–H groups in total. The number of nitrogens with two attached hydrogens (primary N) is 4. The monoisotopic (exact) mass is 497 g/mol. The molecule has 0 unspecified atom stereocenters. The summed E-state index contributed by atoms with van der Waals surface area (Å²) in [4.78, 5) is 42.2. The lowest BCUT2D eigenvalue weighted by atomic mass is 9.87. The molecule has 2 aromatic rings. The van der Waals surface area contributed by atoms with Crippen LogP contribution in [0.4, 0.5) is 0 Å². The lowest BCUT2D eigenvalue weighted by molar-refractivity contribution is -0.132.